The Bertz CT molecular complexity index is 79.4. The van der Waals surface area contributed by atoms with Crippen LogP contribution in [0.15, 0.2) is 0 Å². The third kappa shape index (κ3) is 4.67. The third-order valence-corrected chi connectivity index (χ3v) is 1.28. The monoisotopic (exact) mass is 149 g/mol. The van der Waals surface area contributed by atoms with E-state index in [1.165, 1.54) is 0 Å². The Kier molecular flexibility index (Phi) is 5.48. The Morgan fingerprint density at radius 2 is 2.10 bits per heavy atom. The molecule has 0 rings (SSSR count). The van der Waals surface area contributed by atoms with Crippen LogP contribution in [-0.4, -0.2) is 45.4 Å². The Hall–Kier alpha value is -0.190. The van der Waals surface area contributed by atoms with Gasteiger partial charge in [0, 0.05) is 20.1 Å². The molecule has 3 nitrogen and oxygen atoms in total. The highest BCUT2D eigenvalue weighted by Gasteiger charge is 2.06. The van der Waals surface area contributed by atoms with Gasteiger partial charge in [-0.3, -0.25) is 5.43 Å². The zero-order chi connectivity index (χ0) is 7.98. The summed E-state index contributed by atoms with van der Waals surface area (Å²) in [4.78, 5) is 0. The van der Waals surface area contributed by atoms with E-state index in [1.54, 1.807) is 19.1 Å². The average molecular weight is 149 g/mol. The summed E-state index contributed by atoms with van der Waals surface area (Å²) in [5, 5.41) is 4.48. The maximum Gasteiger partial charge on any atom is 0.126 e. The Labute approximate surface area is 61.6 Å². The molecule has 1 unspecified atom stereocenters. The molecule has 4 heteroatoms. The molecule has 0 spiro atoms. The number of hydrogen-bond donors (Lipinski definition) is 2. The van der Waals surface area contributed by atoms with Gasteiger partial charge in [0.25, 0.3) is 0 Å². The van der Waals surface area contributed by atoms with Crippen molar-refractivity contribution in [3.05, 3.63) is 0 Å². The zero-order valence-electron chi connectivity index (χ0n) is 6.82. The molecule has 0 amide bonds. The number of halogens is 1. The molecule has 10 heavy (non-hydrogen) atoms. The molecular weight excluding hydrogens is 133 g/mol. The average Bonchev–Trinajstić information content (AvgIpc) is 1.88. The van der Waals surface area contributed by atoms with Crippen LogP contribution < -0.4 is 10.7 Å². The van der Waals surface area contributed by atoms with Gasteiger partial charge in [-0.25, -0.2) is 9.40 Å². The first-order chi connectivity index (χ1) is 4.70. The van der Waals surface area contributed by atoms with E-state index in [0.717, 1.165) is 0 Å². The van der Waals surface area contributed by atoms with Crippen LogP contribution in [0.2, 0.25) is 0 Å². The van der Waals surface area contributed by atoms with Crippen LogP contribution in [-0.2, 0) is 0 Å². The van der Waals surface area contributed by atoms with Crippen LogP contribution in [0.1, 0.15) is 0 Å². The van der Waals surface area contributed by atoms with Crippen molar-refractivity contribution in [2.45, 2.75) is 6.17 Å². The molecule has 0 heterocycles. The predicted octanol–water partition coefficient (Wildman–Crippen LogP) is -0.390. The first-order valence-corrected chi connectivity index (χ1v) is 3.38. The fourth-order valence-electron chi connectivity index (χ4n) is 0.674. The van der Waals surface area contributed by atoms with Crippen LogP contribution in [0, 0.1) is 0 Å². The summed E-state index contributed by atoms with van der Waals surface area (Å²) in [5.74, 6) is 0. The molecule has 0 aliphatic rings. The van der Waals surface area contributed by atoms with Crippen molar-refractivity contribution in [3.63, 3.8) is 0 Å². The second-order valence-electron chi connectivity index (χ2n) is 2.26. The number of hydrogen-bond acceptors (Lipinski definition) is 3. The van der Waals surface area contributed by atoms with Gasteiger partial charge in [0.1, 0.15) is 6.17 Å². The first kappa shape index (κ1) is 9.81. The minimum atomic E-state index is -0.803. The molecule has 0 fully saturated rings. The molecule has 0 radical (unpaired) electrons. The summed E-state index contributed by atoms with van der Waals surface area (Å²) >= 11 is 0. The molecule has 0 aromatic heterocycles. The van der Waals surface area contributed by atoms with Crippen LogP contribution in [0.3, 0.4) is 0 Å². The van der Waals surface area contributed by atoms with E-state index < -0.39 is 6.17 Å². The van der Waals surface area contributed by atoms with Crippen LogP contribution in [0.25, 0.3) is 0 Å². The van der Waals surface area contributed by atoms with Gasteiger partial charge >= 0.3 is 0 Å². The maximum atomic E-state index is 12.7. The van der Waals surface area contributed by atoms with Gasteiger partial charge in [0.2, 0.25) is 0 Å². The molecule has 2 N–H and O–H groups in total. The van der Waals surface area contributed by atoms with Gasteiger partial charge < -0.3 is 5.32 Å². The molecule has 0 aromatic carbocycles. The Balaban J connectivity index is 3.27. The molecule has 0 bridgehead atoms. The molecule has 0 aromatic rings. The predicted molar refractivity (Wildman–Crippen MR) is 40.5 cm³/mol. The lowest BCUT2D eigenvalue weighted by atomic mass is 10.4. The number of rotatable bonds is 5. The Morgan fingerprint density at radius 1 is 1.50 bits per heavy atom. The van der Waals surface area contributed by atoms with Crippen molar-refractivity contribution in [1.29, 1.82) is 0 Å². The molecule has 0 saturated carbocycles. The summed E-state index contributed by atoms with van der Waals surface area (Å²) < 4.78 is 12.7. The topological polar surface area (TPSA) is 27.3 Å². The normalized spacial score (nSPS) is 14.1. The Morgan fingerprint density at radius 3 is 2.50 bits per heavy atom. The van der Waals surface area contributed by atoms with Gasteiger partial charge in [-0.05, 0) is 14.1 Å². The first-order valence-electron chi connectivity index (χ1n) is 3.38. The summed E-state index contributed by atoms with van der Waals surface area (Å²) in [7, 11) is 5.32. The number of alkyl halides is 1. The molecule has 0 saturated heterocycles. The van der Waals surface area contributed by atoms with Crippen molar-refractivity contribution in [2.24, 2.45) is 0 Å². The summed E-state index contributed by atoms with van der Waals surface area (Å²) in [6.45, 7) is 0.823. The third-order valence-electron chi connectivity index (χ3n) is 1.28. The van der Waals surface area contributed by atoms with Gasteiger partial charge in [-0.15, -0.1) is 0 Å². The van der Waals surface area contributed by atoms with E-state index in [9.17, 15) is 4.39 Å². The van der Waals surface area contributed by atoms with Crippen molar-refractivity contribution in [1.82, 2.24) is 15.8 Å². The second-order valence-corrected chi connectivity index (χ2v) is 2.26. The highest BCUT2D eigenvalue weighted by molar-refractivity contribution is 4.60. The van der Waals surface area contributed by atoms with Crippen LogP contribution in [0.5, 0.6) is 0 Å². The van der Waals surface area contributed by atoms with Crippen LogP contribution in [0.4, 0.5) is 4.39 Å². The largest absolute Gasteiger partial charge is 0.317 e. The van der Waals surface area contributed by atoms with E-state index in [-0.39, 0.29) is 0 Å². The molecule has 1 atom stereocenters. The second kappa shape index (κ2) is 5.58. The van der Waals surface area contributed by atoms with E-state index >= 15 is 0 Å². The molecular formula is C6H16FN3. The quantitative estimate of drug-likeness (QED) is 0.521. The lowest BCUT2D eigenvalue weighted by Crippen LogP contribution is -2.39. The smallest absolute Gasteiger partial charge is 0.126 e. The van der Waals surface area contributed by atoms with E-state index in [4.69, 9.17) is 0 Å². The van der Waals surface area contributed by atoms with Gasteiger partial charge in [-0.1, -0.05) is 0 Å². The molecule has 62 valence electrons. The minimum absolute atomic E-state index is 0.409. The van der Waals surface area contributed by atoms with Crippen molar-refractivity contribution in [3.8, 4) is 0 Å². The van der Waals surface area contributed by atoms with E-state index in [1.807, 2.05) is 7.05 Å². The van der Waals surface area contributed by atoms with Gasteiger partial charge in [-0.2, -0.15) is 0 Å². The van der Waals surface area contributed by atoms with Crippen LogP contribution >= 0.6 is 0 Å². The summed E-state index contributed by atoms with van der Waals surface area (Å²) in [5.41, 5.74) is 2.82. The van der Waals surface area contributed by atoms with Crippen molar-refractivity contribution in [2.75, 3.05) is 34.2 Å². The van der Waals surface area contributed by atoms with E-state index in [2.05, 4.69) is 10.7 Å². The van der Waals surface area contributed by atoms with Gasteiger partial charge in [0.15, 0.2) is 0 Å². The van der Waals surface area contributed by atoms with Gasteiger partial charge in [0.05, 0.1) is 0 Å². The standard InChI is InChI=1S/C6H16FN3/c1-8-4-6(7)5-10(3)9-2/h6,8-9H,4-5H2,1-3H3. The number of nitrogens with one attached hydrogen (secondary N) is 2. The van der Waals surface area contributed by atoms with E-state index in [0.29, 0.717) is 13.1 Å². The minimum Gasteiger partial charge on any atom is -0.317 e. The lowest BCUT2D eigenvalue weighted by Gasteiger charge is -2.17. The highest BCUT2D eigenvalue weighted by atomic mass is 19.1. The number of hydrazine groups is 1. The van der Waals surface area contributed by atoms with Crippen molar-refractivity contribution < 1.29 is 4.39 Å². The highest BCUT2D eigenvalue weighted by Crippen LogP contribution is 1.89. The molecule has 0 aliphatic carbocycles. The fourth-order valence-corrected chi connectivity index (χ4v) is 0.674. The lowest BCUT2D eigenvalue weighted by molar-refractivity contribution is 0.179. The summed E-state index contributed by atoms with van der Waals surface area (Å²) in [6, 6.07) is 0. The SMILES string of the molecule is CNCC(F)CN(C)NC. The van der Waals surface area contributed by atoms with Crippen molar-refractivity contribution >= 4 is 0 Å². The number of nitrogens with zero attached hydrogens (tertiary/aromatic N) is 1. The summed E-state index contributed by atoms with van der Waals surface area (Å²) in [6.07, 6.45) is -0.803. The molecule has 0 aliphatic heterocycles. The maximum absolute atomic E-state index is 12.7. The zero-order valence-corrected chi connectivity index (χ0v) is 6.82. The fraction of sp³-hybridized carbons (Fsp3) is 1.00.